The summed E-state index contributed by atoms with van der Waals surface area (Å²) in [4.78, 5) is 4.31. The largest absolute Gasteiger partial charge is 0.370 e. The van der Waals surface area contributed by atoms with Crippen molar-refractivity contribution in [1.82, 2.24) is 4.90 Å². The summed E-state index contributed by atoms with van der Waals surface area (Å²) in [6, 6.07) is 5.00. The lowest BCUT2D eigenvalue weighted by molar-refractivity contribution is 0.0681. The van der Waals surface area contributed by atoms with Crippen molar-refractivity contribution in [3.8, 4) is 0 Å². The fourth-order valence-corrected chi connectivity index (χ4v) is 3.15. The SMILES string of the molecule is C[C@H](N)c1cccc(F)c1N(C)CC1(N(C)C)CCC1. The number of rotatable bonds is 5. The van der Waals surface area contributed by atoms with Gasteiger partial charge in [0, 0.05) is 25.2 Å². The molecule has 1 aromatic rings. The molecule has 0 saturated heterocycles. The molecule has 112 valence electrons. The molecule has 0 amide bonds. The number of nitrogens with zero attached hydrogens (tertiary/aromatic N) is 2. The summed E-state index contributed by atoms with van der Waals surface area (Å²) < 4.78 is 14.2. The first kappa shape index (κ1) is 15.3. The van der Waals surface area contributed by atoms with Crippen LogP contribution in [0.4, 0.5) is 10.1 Å². The number of anilines is 1. The van der Waals surface area contributed by atoms with Gasteiger partial charge in [-0.25, -0.2) is 4.39 Å². The Hall–Kier alpha value is -1.13. The Balaban J connectivity index is 2.27. The molecule has 0 unspecified atom stereocenters. The maximum Gasteiger partial charge on any atom is 0.146 e. The van der Waals surface area contributed by atoms with E-state index in [9.17, 15) is 4.39 Å². The third-order valence-electron chi connectivity index (χ3n) is 4.65. The van der Waals surface area contributed by atoms with E-state index < -0.39 is 0 Å². The molecule has 0 aliphatic heterocycles. The first-order valence-electron chi connectivity index (χ1n) is 7.30. The Morgan fingerprint density at radius 3 is 2.40 bits per heavy atom. The van der Waals surface area contributed by atoms with E-state index in [2.05, 4.69) is 19.0 Å². The highest BCUT2D eigenvalue weighted by atomic mass is 19.1. The molecule has 1 fully saturated rings. The summed E-state index contributed by atoms with van der Waals surface area (Å²) in [5, 5.41) is 0. The predicted octanol–water partition coefficient (Wildman–Crippen LogP) is 2.77. The van der Waals surface area contributed by atoms with Crippen LogP contribution in [0.2, 0.25) is 0 Å². The van der Waals surface area contributed by atoms with Crippen LogP contribution in [0, 0.1) is 5.82 Å². The highest BCUT2D eigenvalue weighted by molar-refractivity contribution is 5.56. The van der Waals surface area contributed by atoms with E-state index >= 15 is 0 Å². The van der Waals surface area contributed by atoms with Gasteiger partial charge in [0.1, 0.15) is 5.82 Å². The topological polar surface area (TPSA) is 32.5 Å². The van der Waals surface area contributed by atoms with Crippen molar-refractivity contribution < 1.29 is 4.39 Å². The highest BCUT2D eigenvalue weighted by Crippen LogP contribution is 2.38. The van der Waals surface area contributed by atoms with Crippen molar-refractivity contribution >= 4 is 5.69 Å². The minimum atomic E-state index is -0.185. The van der Waals surface area contributed by atoms with Crippen LogP contribution in [0.1, 0.15) is 37.8 Å². The summed E-state index contributed by atoms with van der Waals surface area (Å²) in [7, 11) is 6.19. The molecular weight excluding hydrogens is 253 g/mol. The summed E-state index contributed by atoms with van der Waals surface area (Å²) in [6.45, 7) is 2.73. The van der Waals surface area contributed by atoms with Crippen LogP contribution < -0.4 is 10.6 Å². The number of halogens is 1. The van der Waals surface area contributed by atoms with E-state index in [1.54, 1.807) is 6.07 Å². The zero-order valence-electron chi connectivity index (χ0n) is 13.0. The maximum atomic E-state index is 14.2. The minimum absolute atomic E-state index is 0.167. The molecule has 2 rings (SSSR count). The van der Waals surface area contributed by atoms with Crippen LogP contribution in [0.5, 0.6) is 0 Å². The molecule has 0 aromatic heterocycles. The lowest BCUT2D eigenvalue weighted by Gasteiger charge is -2.49. The van der Waals surface area contributed by atoms with E-state index in [0.717, 1.165) is 12.1 Å². The van der Waals surface area contributed by atoms with Crippen molar-refractivity contribution in [2.45, 2.75) is 37.8 Å². The monoisotopic (exact) mass is 279 g/mol. The fraction of sp³-hybridized carbons (Fsp3) is 0.625. The van der Waals surface area contributed by atoms with Crippen molar-refractivity contribution in [2.24, 2.45) is 5.73 Å². The molecule has 0 heterocycles. The van der Waals surface area contributed by atoms with Crippen molar-refractivity contribution in [1.29, 1.82) is 0 Å². The molecule has 3 nitrogen and oxygen atoms in total. The van der Waals surface area contributed by atoms with Crippen LogP contribution in [-0.2, 0) is 0 Å². The smallest absolute Gasteiger partial charge is 0.146 e. The lowest BCUT2D eigenvalue weighted by atomic mass is 9.75. The molecule has 0 radical (unpaired) electrons. The van der Waals surface area contributed by atoms with Gasteiger partial charge in [-0.3, -0.25) is 0 Å². The molecule has 1 aliphatic rings. The van der Waals surface area contributed by atoms with Gasteiger partial charge in [0.05, 0.1) is 5.69 Å². The van der Waals surface area contributed by atoms with Crippen LogP contribution in [0.25, 0.3) is 0 Å². The third-order valence-corrected chi connectivity index (χ3v) is 4.65. The van der Waals surface area contributed by atoms with Gasteiger partial charge >= 0.3 is 0 Å². The third kappa shape index (κ3) is 2.67. The van der Waals surface area contributed by atoms with E-state index in [0.29, 0.717) is 5.69 Å². The second-order valence-electron chi connectivity index (χ2n) is 6.29. The molecule has 4 heteroatoms. The average Bonchev–Trinajstić information content (AvgIpc) is 2.32. The van der Waals surface area contributed by atoms with Gasteiger partial charge in [-0.15, -0.1) is 0 Å². The molecule has 1 saturated carbocycles. The maximum absolute atomic E-state index is 14.2. The Morgan fingerprint density at radius 1 is 1.30 bits per heavy atom. The average molecular weight is 279 g/mol. The molecule has 0 spiro atoms. The molecule has 0 bridgehead atoms. The molecule has 20 heavy (non-hydrogen) atoms. The second kappa shape index (κ2) is 5.70. The van der Waals surface area contributed by atoms with Gasteiger partial charge in [-0.05, 0) is 51.9 Å². The van der Waals surface area contributed by atoms with Crippen LogP contribution >= 0.6 is 0 Å². The van der Waals surface area contributed by atoms with E-state index in [4.69, 9.17) is 5.73 Å². The zero-order chi connectivity index (χ0) is 14.9. The Labute approximate surface area is 121 Å². The summed E-state index contributed by atoms with van der Waals surface area (Å²) in [5.74, 6) is -0.185. The summed E-state index contributed by atoms with van der Waals surface area (Å²) in [6.07, 6.45) is 3.60. The van der Waals surface area contributed by atoms with E-state index in [1.165, 1.54) is 25.3 Å². The number of para-hydroxylation sites is 1. The van der Waals surface area contributed by atoms with Crippen molar-refractivity contribution in [3.63, 3.8) is 0 Å². The minimum Gasteiger partial charge on any atom is -0.370 e. The Morgan fingerprint density at radius 2 is 1.95 bits per heavy atom. The fourth-order valence-electron chi connectivity index (χ4n) is 3.15. The van der Waals surface area contributed by atoms with Crippen LogP contribution in [0.3, 0.4) is 0 Å². The van der Waals surface area contributed by atoms with Gasteiger partial charge in [-0.2, -0.15) is 0 Å². The van der Waals surface area contributed by atoms with Crippen molar-refractivity contribution in [3.05, 3.63) is 29.6 Å². The lowest BCUT2D eigenvalue weighted by Crippen LogP contribution is -2.57. The quantitative estimate of drug-likeness (QED) is 0.899. The van der Waals surface area contributed by atoms with Gasteiger partial charge < -0.3 is 15.5 Å². The zero-order valence-corrected chi connectivity index (χ0v) is 13.0. The number of hydrogen-bond donors (Lipinski definition) is 1. The van der Waals surface area contributed by atoms with Crippen molar-refractivity contribution in [2.75, 3.05) is 32.6 Å². The van der Waals surface area contributed by atoms with E-state index in [-0.39, 0.29) is 17.4 Å². The van der Waals surface area contributed by atoms with Gasteiger partial charge in [0.2, 0.25) is 0 Å². The Bertz CT molecular complexity index is 467. The summed E-state index contributed by atoms with van der Waals surface area (Å²) in [5.41, 5.74) is 7.68. The number of likely N-dealkylation sites (N-methyl/N-ethyl adjacent to an activating group) is 2. The van der Waals surface area contributed by atoms with E-state index in [1.807, 2.05) is 24.9 Å². The Kier molecular flexibility index (Phi) is 4.35. The molecule has 1 atom stereocenters. The molecule has 1 aliphatic carbocycles. The molecule has 1 aromatic carbocycles. The molecular formula is C16H26FN3. The number of hydrogen-bond acceptors (Lipinski definition) is 3. The first-order valence-corrected chi connectivity index (χ1v) is 7.30. The first-order chi connectivity index (χ1) is 9.37. The van der Waals surface area contributed by atoms with Gasteiger partial charge in [-0.1, -0.05) is 12.1 Å². The molecule has 2 N–H and O–H groups in total. The number of benzene rings is 1. The number of nitrogens with two attached hydrogens (primary N) is 1. The highest BCUT2D eigenvalue weighted by Gasteiger charge is 2.40. The standard InChI is InChI=1S/C16H26FN3/c1-12(18)13-7-5-8-14(17)15(13)20(4)11-16(19(2)3)9-6-10-16/h5,7-8,12H,6,9-11,18H2,1-4H3/t12-/m0/s1. The predicted molar refractivity (Wildman–Crippen MR) is 82.5 cm³/mol. The normalized spacial score (nSPS) is 18.8. The van der Waals surface area contributed by atoms with Gasteiger partial charge in [0.15, 0.2) is 0 Å². The van der Waals surface area contributed by atoms with Crippen LogP contribution in [-0.4, -0.2) is 38.1 Å². The van der Waals surface area contributed by atoms with Crippen LogP contribution in [0.15, 0.2) is 18.2 Å². The summed E-state index contributed by atoms with van der Waals surface area (Å²) >= 11 is 0. The second-order valence-corrected chi connectivity index (χ2v) is 6.29. The van der Waals surface area contributed by atoms with Gasteiger partial charge in [0.25, 0.3) is 0 Å².